The van der Waals surface area contributed by atoms with Crippen molar-refractivity contribution in [3.63, 3.8) is 0 Å². The van der Waals surface area contributed by atoms with Gasteiger partial charge in [0.2, 0.25) is 0 Å². The van der Waals surface area contributed by atoms with Gasteiger partial charge in [-0.2, -0.15) is 0 Å². The Labute approximate surface area is 147 Å². The fourth-order valence-electron chi connectivity index (χ4n) is 2.57. The van der Waals surface area contributed by atoms with Crippen molar-refractivity contribution in [1.82, 2.24) is 5.32 Å². The molecule has 3 rings (SSSR count). The largest absolute Gasteiger partial charge is 0.477 e. The van der Waals surface area contributed by atoms with Gasteiger partial charge in [-0.3, -0.25) is 5.32 Å². The molecular weight excluding hydrogens is 359 g/mol. The number of halogens is 3. The summed E-state index contributed by atoms with van der Waals surface area (Å²) in [5.74, 6) is -1.07. The maximum Gasteiger partial charge on any atom is 0.351 e. The first-order chi connectivity index (χ1) is 10.9. The second-order valence-corrected chi connectivity index (χ2v) is 6.34. The van der Waals surface area contributed by atoms with E-state index in [2.05, 4.69) is 10.3 Å². The molecule has 0 bridgehead atoms. The predicted octanol–water partition coefficient (Wildman–Crippen LogP) is 3.98. The van der Waals surface area contributed by atoms with E-state index in [4.69, 9.17) is 34.8 Å². The van der Waals surface area contributed by atoms with Gasteiger partial charge >= 0.3 is 5.97 Å². The van der Waals surface area contributed by atoms with E-state index in [0.717, 1.165) is 5.56 Å². The summed E-state index contributed by atoms with van der Waals surface area (Å²) in [6, 6.07) is 12.0. The number of benzene rings is 2. The summed E-state index contributed by atoms with van der Waals surface area (Å²) >= 11 is 18.3. The molecule has 0 saturated carbocycles. The summed E-state index contributed by atoms with van der Waals surface area (Å²) < 4.78 is 0. The third kappa shape index (κ3) is 2.95. The molecule has 2 aromatic carbocycles. The van der Waals surface area contributed by atoms with Crippen LogP contribution in [0.25, 0.3) is 0 Å². The number of hydrogen-bond donors (Lipinski definition) is 2. The quantitative estimate of drug-likeness (QED) is 0.860. The summed E-state index contributed by atoms with van der Waals surface area (Å²) in [5, 5.41) is 13.9. The first-order valence-electron chi connectivity index (χ1n) is 6.71. The van der Waals surface area contributed by atoms with Gasteiger partial charge in [0, 0.05) is 27.2 Å². The Morgan fingerprint density at radius 1 is 1.09 bits per heavy atom. The lowest BCUT2D eigenvalue weighted by Gasteiger charge is -2.29. The molecule has 1 unspecified atom stereocenters. The molecule has 0 aromatic heterocycles. The highest BCUT2D eigenvalue weighted by Crippen LogP contribution is 2.39. The summed E-state index contributed by atoms with van der Waals surface area (Å²) in [7, 11) is 0. The van der Waals surface area contributed by atoms with Crippen molar-refractivity contribution in [3.8, 4) is 0 Å². The number of carboxylic acid groups (broad SMARTS) is 1. The monoisotopic (exact) mass is 368 g/mol. The van der Waals surface area contributed by atoms with Crippen molar-refractivity contribution in [2.24, 2.45) is 4.99 Å². The molecular formula is C16H11Cl3N2O2. The van der Waals surface area contributed by atoms with E-state index in [1.807, 2.05) is 0 Å². The minimum absolute atomic E-state index is 0.0333. The van der Waals surface area contributed by atoms with Crippen molar-refractivity contribution >= 4 is 46.5 Å². The standard InChI is InChI=1S/C16H11Cl3N2O2/c17-10-3-1-9(2-4-10)16(20-8-14(21-16)15(22)23)12-6-5-11(18)7-13(12)19/h1-7,20H,8H2,(H,22,23). The average molecular weight is 370 g/mol. The molecule has 1 aliphatic rings. The van der Waals surface area contributed by atoms with Gasteiger partial charge < -0.3 is 5.11 Å². The average Bonchev–Trinajstić information content (AvgIpc) is 2.94. The molecule has 0 saturated heterocycles. The highest BCUT2D eigenvalue weighted by Gasteiger charge is 2.41. The van der Waals surface area contributed by atoms with Gasteiger partial charge in [0.25, 0.3) is 0 Å². The van der Waals surface area contributed by atoms with E-state index in [9.17, 15) is 9.90 Å². The number of carbonyl (C=O) groups is 1. The number of nitrogens with zero attached hydrogens (tertiary/aromatic N) is 1. The number of aliphatic carboxylic acids is 1. The summed E-state index contributed by atoms with van der Waals surface area (Å²) in [4.78, 5) is 15.7. The summed E-state index contributed by atoms with van der Waals surface area (Å²) in [6.07, 6.45) is 0. The lowest BCUT2D eigenvalue weighted by atomic mass is 9.92. The summed E-state index contributed by atoms with van der Waals surface area (Å²) in [6.45, 7) is 0.122. The van der Waals surface area contributed by atoms with E-state index in [1.54, 1.807) is 42.5 Å². The molecule has 0 amide bonds. The highest BCUT2D eigenvalue weighted by molar-refractivity contribution is 6.37. The number of carboxylic acids is 1. The smallest absolute Gasteiger partial charge is 0.351 e. The fourth-order valence-corrected chi connectivity index (χ4v) is 3.24. The maximum absolute atomic E-state index is 11.3. The molecule has 4 nitrogen and oxygen atoms in total. The van der Waals surface area contributed by atoms with Crippen molar-refractivity contribution < 1.29 is 9.90 Å². The lowest BCUT2D eigenvalue weighted by molar-refractivity contribution is -0.129. The first kappa shape index (κ1) is 16.3. The molecule has 0 spiro atoms. The van der Waals surface area contributed by atoms with Crippen LogP contribution in [0.4, 0.5) is 0 Å². The van der Waals surface area contributed by atoms with Gasteiger partial charge in [0.15, 0.2) is 5.66 Å². The Bertz CT molecular complexity index is 805. The first-order valence-corrected chi connectivity index (χ1v) is 7.84. The highest BCUT2D eigenvalue weighted by atomic mass is 35.5. The second-order valence-electron chi connectivity index (χ2n) is 5.06. The van der Waals surface area contributed by atoms with E-state index >= 15 is 0 Å². The van der Waals surface area contributed by atoms with Crippen LogP contribution in [-0.2, 0) is 10.5 Å². The molecule has 23 heavy (non-hydrogen) atoms. The van der Waals surface area contributed by atoms with Crippen molar-refractivity contribution in [3.05, 3.63) is 68.7 Å². The van der Waals surface area contributed by atoms with Crippen LogP contribution in [0.2, 0.25) is 15.1 Å². The van der Waals surface area contributed by atoms with Gasteiger partial charge in [-0.05, 0) is 29.8 Å². The SMILES string of the molecule is O=C(O)C1=NC(c2ccc(Cl)cc2)(c2ccc(Cl)cc2Cl)NC1. The Hall–Kier alpha value is -1.59. The van der Waals surface area contributed by atoms with Crippen LogP contribution < -0.4 is 5.32 Å². The van der Waals surface area contributed by atoms with Gasteiger partial charge in [0.1, 0.15) is 5.71 Å². The van der Waals surface area contributed by atoms with Crippen LogP contribution in [0.3, 0.4) is 0 Å². The van der Waals surface area contributed by atoms with Crippen LogP contribution in [0, 0.1) is 0 Å². The van der Waals surface area contributed by atoms with Crippen LogP contribution in [0.5, 0.6) is 0 Å². The number of hydrogen-bond acceptors (Lipinski definition) is 3. The van der Waals surface area contributed by atoms with Crippen LogP contribution in [-0.4, -0.2) is 23.3 Å². The molecule has 2 aromatic rings. The Morgan fingerprint density at radius 3 is 2.30 bits per heavy atom. The molecule has 1 aliphatic heterocycles. The minimum atomic E-state index is -1.08. The van der Waals surface area contributed by atoms with Gasteiger partial charge in [0.05, 0.1) is 0 Å². The zero-order valence-electron chi connectivity index (χ0n) is 11.7. The van der Waals surface area contributed by atoms with Crippen LogP contribution >= 0.6 is 34.8 Å². The molecule has 7 heteroatoms. The molecule has 1 heterocycles. The second kappa shape index (κ2) is 6.13. The third-order valence-electron chi connectivity index (χ3n) is 3.64. The molecule has 0 fully saturated rings. The van der Waals surface area contributed by atoms with Crippen molar-refractivity contribution in [1.29, 1.82) is 0 Å². The van der Waals surface area contributed by atoms with E-state index in [0.29, 0.717) is 20.6 Å². The predicted molar refractivity (Wildman–Crippen MR) is 91.8 cm³/mol. The number of aliphatic imine (C=N–C) groups is 1. The van der Waals surface area contributed by atoms with E-state index in [1.165, 1.54) is 0 Å². The van der Waals surface area contributed by atoms with Gasteiger partial charge in [-0.25, -0.2) is 9.79 Å². The lowest BCUT2D eigenvalue weighted by Crippen LogP contribution is -2.38. The Kier molecular flexibility index (Phi) is 4.34. The third-order valence-corrected chi connectivity index (χ3v) is 4.44. The number of nitrogens with one attached hydrogen (secondary N) is 1. The Balaban J connectivity index is 2.23. The zero-order chi connectivity index (χ0) is 16.6. The number of rotatable bonds is 3. The van der Waals surface area contributed by atoms with Gasteiger partial charge in [-0.15, -0.1) is 0 Å². The van der Waals surface area contributed by atoms with Crippen LogP contribution in [0.15, 0.2) is 47.5 Å². The fraction of sp³-hybridized carbons (Fsp3) is 0.125. The van der Waals surface area contributed by atoms with E-state index in [-0.39, 0.29) is 12.3 Å². The van der Waals surface area contributed by atoms with Crippen LogP contribution in [0.1, 0.15) is 11.1 Å². The molecule has 0 radical (unpaired) electrons. The Morgan fingerprint density at radius 2 is 1.74 bits per heavy atom. The van der Waals surface area contributed by atoms with Crippen molar-refractivity contribution in [2.75, 3.05) is 6.54 Å². The molecule has 118 valence electrons. The maximum atomic E-state index is 11.3. The molecule has 2 N–H and O–H groups in total. The van der Waals surface area contributed by atoms with E-state index < -0.39 is 11.6 Å². The molecule has 0 aliphatic carbocycles. The van der Waals surface area contributed by atoms with Crippen molar-refractivity contribution in [2.45, 2.75) is 5.66 Å². The normalized spacial score (nSPS) is 20.4. The topological polar surface area (TPSA) is 61.7 Å². The zero-order valence-corrected chi connectivity index (χ0v) is 14.0. The minimum Gasteiger partial charge on any atom is -0.477 e. The molecule has 1 atom stereocenters. The van der Waals surface area contributed by atoms with Gasteiger partial charge in [-0.1, -0.05) is 53.0 Å². The summed E-state index contributed by atoms with van der Waals surface area (Å²) in [5.41, 5.74) is 0.315.